The molecule has 0 amide bonds. The van der Waals surface area contributed by atoms with Gasteiger partial charge >= 0.3 is 0 Å². The van der Waals surface area contributed by atoms with E-state index in [1.54, 1.807) is 6.20 Å². The number of aromatic hydroxyl groups is 1. The predicted molar refractivity (Wildman–Crippen MR) is 62.2 cm³/mol. The third kappa shape index (κ3) is 1.56. The highest BCUT2D eigenvalue weighted by atomic mass is 16.3. The van der Waals surface area contributed by atoms with Gasteiger partial charge in [-0.25, -0.2) is 0 Å². The van der Waals surface area contributed by atoms with Crippen LogP contribution in [0.1, 0.15) is 30.9 Å². The lowest BCUT2D eigenvalue weighted by Crippen LogP contribution is -1.93. The van der Waals surface area contributed by atoms with E-state index in [0.29, 0.717) is 11.7 Å². The maximum atomic E-state index is 9.81. The van der Waals surface area contributed by atoms with Gasteiger partial charge in [0.2, 0.25) is 0 Å². The molecule has 15 heavy (non-hydrogen) atoms. The molecule has 2 rings (SSSR count). The number of fused-ring (bicyclic) bond motifs is 1. The van der Waals surface area contributed by atoms with Crippen LogP contribution in [0.15, 0.2) is 24.4 Å². The van der Waals surface area contributed by atoms with E-state index in [4.69, 9.17) is 0 Å². The first-order valence-corrected chi connectivity index (χ1v) is 5.18. The number of hydrogen-bond donors (Lipinski definition) is 1. The molecule has 0 bridgehead atoms. The zero-order valence-electron chi connectivity index (χ0n) is 9.28. The number of rotatable bonds is 1. The fourth-order valence-corrected chi connectivity index (χ4v) is 1.99. The van der Waals surface area contributed by atoms with Crippen molar-refractivity contribution in [3.63, 3.8) is 0 Å². The molecule has 1 heterocycles. The Morgan fingerprint density at radius 2 is 2.00 bits per heavy atom. The van der Waals surface area contributed by atoms with Crippen LogP contribution in [0.3, 0.4) is 0 Å². The van der Waals surface area contributed by atoms with Crippen LogP contribution in [0.4, 0.5) is 0 Å². The summed E-state index contributed by atoms with van der Waals surface area (Å²) in [4.78, 5) is 4.27. The highest BCUT2D eigenvalue weighted by Gasteiger charge is 2.11. The van der Waals surface area contributed by atoms with Gasteiger partial charge in [-0.05, 0) is 18.4 Å². The Hall–Kier alpha value is -1.57. The highest BCUT2D eigenvalue weighted by Crippen LogP contribution is 2.32. The second-order valence-corrected chi connectivity index (χ2v) is 4.18. The van der Waals surface area contributed by atoms with Crippen LogP contribution < -0.4 is 0 Å². The first kappa shape index (κ1) is 9.97. The average Bonchev–Trinajstić information content (AvgIpc) is 2.17. The Morgan fingerprint density at radius 1 is 1.27 bits per heavy atom. The molecule has 78 valence electrons. The van der Waals surface area contributed by atoms with Crippen molar-refractivity contribution in [2.45, 2.75) is 26.7 Å². The first-order chi connectivity index (χ1) is 7.11. The largest absolute Gasteiger partial charge is 0.506 e. The normalized spacial score (nSPS) is 11.2. The second kappa shape index (κ2) is 3.54. The summed E-state index contributed by atoms with van der Waals surface area (Å²) in [5.41, 5.74) is 3.12. The maximum Gasteiger partial charge on any atom is 0.137 e. The standard InChI is InChI=1S/C13H15NO/c1-8(2)12-10-6-4-5-9(3)13(10)14-7-11(12)15/h4-8,15H,1-3H3. The van der Waals surface area contributed by atoms with Gasteiger partial charge in [0.15, 0.2) is 0 Å². The van der Waals surface area contributed by atoms with Gasteiger partial charge in [0.05, 0.1) is 11.7 Å². The minimum atomic E-state index is 0.295. The third-order valence-electron chi connectivity index (χ3n) is 2.70. The van der Waals surface area contributed by atoms with Crippen molar-refractivity contribution in [1.82, 2.24) is 4.98 Å². The topological polar surface area (TPSA) is 33.1 Å². The third-order valence-corrected chi connectivity index (χ3v) is 2.70. The molecule has 2 aromatic rings. The van der Waals surface area contributed by atoms with Crippen molar-refractivity contribution in [3.05, 3.63) is 35.5 Å². The second-order valence-electron chi connectivity index (χ2n) is 4.18. The number of pyridine rings is 1. The van der Waals surface area contributed by atoms with Gasteiger partial charge < -0.3 is 5.11 Å². The van der Waals surface area contributed by atoms with Crippen molar-refractivity contribution < 1.29 is 5.11 Å². The van der Waals surface area contributed by atoms with E-state index in [9.17, 15) is 5.11 Å². The predicted octanol–water partition coefficient (Wildman–Crippen LogP) is 3.37. The Labute approximate surface area is 89.6 Å². The van der Waals surface area contributed by atoms with E-state index in [1.165, 1.54) is 0 Å². The molecule has 0 aliphatic carbocycles. The van der Waals surface area contributed by atoms with Crippen LogP contribution in [-0.4, -0.2) is 10.1 Å². The number of para-hydroxylation sites is 1. The quantitative estimate of drug-likeness (QED) is 0.767. The molecule has 2 nitrogen and oxygen atoms in total. The van der Waals surface area contributed by atoms with E-state index in [1.807, 2.05) is 25.1 Å². The molecular weight excluding hydrogens is 186 g/mol. The van der Waals surface area contributed by atoms with Crippen molar-refractivity contribution in [1.29, 1.82) is 0 Å². The molecule has 0 radical (unpaired) electrons. The van der Waals surface area contributed by atoms with Gasteiger partial charge in [-0.15, -0.1) is 0 Å². The Bertz CT molecular complexity index is 503. The number of benzene rings is 1. The Balaban J connectivity index is 2.88. The lowest BCUT2D eigenvalue weighted by Gasteiger charge is -2.12. The van der Waals surface area contributed by atoms with Crippen LogP contribution in [0.5, 0.6) is 5.75 Å². The van der Waals surface area contributed by atoms with E-state index in [-0.39, 0.29) is 0 Å². The summed E-state index contributed by atoms with van der Waals surface area (Å²) in [5.74, 6) is 0.598. The summed E-state index contributed by atoms with van der Waals surface area (Å²) in [6.07, 6.45) is 1.55. The van der Waals surface area contributed by atoms with Crippen LogP contribution >= 0.6 is 0 Å². The molecule has 1 aromatic carbocycles. The van der Waals surface area contributed by atoms with Gasteiger partial charge in [-0.2, -0.15) is 0 Å². The van der Waals surface area contributed by atoms with Gasteiger partial charge in [-0.3, -0.25) is 4.98 Å². The van der Waals surface area contributed by atoms with Gasteiger partial charge in [0.25, 0.3) is 0 Å². The molecule has 0 spiro atoms. The smallest absolute Gasteiger partial charge is 0.137 e. The average molecular weight is 201 g/mol. The summed E-state index contributed by atoms with van der Waals surface area (Å²) in [7, 11) is 0. The molecule has 0 atom stereocenters. The minimum absolute atomic E-state index is 0.295. The number of aryl methyl sites for hydroxylation is 1. The number of hydrogen-bond acceptors (Lipinski definition) is 2. The Kier molecular flexibility index (Phi) is 2.35. The molecule has 0 saturated carbocycles. The first-order valence-electron chi connectivity index (χ1n) is 5.18. The van der Waals surface area contributed by atoms with Gasteiger partial charge in [-0.1, -0.05) is 32.0 Å². The van der Waals surface area contributed by atoms with Crippen molar-refractivity contribution in [3.8, 4) is 5.75 Å². The van der Waals surface area contributed by atoms with E-state index in [0.717, 1.165) is 22.0 Å². The highest BCUT2D eigenvalue weighted by molar-refractivity contribution is 5.86. The molecule has 2 heteroatoms. The summed E-state index contributed by atoms with van der Waals surface area (Å²) in [6.45, 7) is 6.20. The molecule has 0 unspecified atom stereocenters. The van der Waals surface area contributed by atoms with E-state index in [2.05, 4.69) is 18.8 Å². The minimum Gasteiger partial charge on any atom is -0.506 e. The number of nitrogens with zero attached hydrogens (tertiary/aromatic N) is 1. The van der Waals surface area contributed by atoms with E-state index >= 15 is 0 Å². The number of aromatic nitrogens is 1. The van der Waals surface area contributed by atoms with Gasteiger partial charge in [0.1, 0.15) is 5.75 Å². The Morgan fingerprint density at radius 3 is 2.67 bits per heavy atom. The fourth-order valence-electron chi connectivity index (χ4n) is 1.99. The van der Waals surface area contributed by atoms with Crippen LogP contribution in [0.2, 0.25) is 0 Å². The monoisotopic (exact) mass is 201 g/mol. The van der Waals surface area contributed by atoms with Crippen molar-refractivity contribution in [2.24, 2.45) is 0 Å². The zero-order chi connectivity index (χ0) is 11.0. The molecule has 1 aromatic heterocycles. The maximum absolute atomic E-state index is 9.81. The summed E-state index contributed by atoms with van der Waals surface area (Å²) >= 11 is 0. The van der Waals surface area contributed by atoms with Crippen molar-refractivity contribution in [2.75, 3.05) is 0 Å². The fraction of sp³-hybridized carbons (Fsp3) is 0.308. The van der Waals surface area contributed by atoms with Crippen LogP contribution in [0, 0.1) is 6.92 Å². The lowest BCUT2D eigenvalue weighted by atomic mass is 9.97. The summed E-state index contributed by atoms with van der Waals surface area (Å²) in [6, 6.07) is 6.06. The zero-order valence-corrected chi connectivity index (χ0v) is 9.28. The van der Waals surface area contributed by atoms with Crippen molar-refractivity contribution >= 4 is 10.9 Å². The molecule has 0 saturated heterocycles. The molecule has 0 aliphatic rings. The summed E-state index contributed by atoms with van der Waals surface area (Å²) < 4.78 is 0. The van der Waals surface area contributed by atoms with E-state index < -0.39 is 0 Å². The molecule has 1 N–H and O–H groups in total. The van der Waals surface area contributed by atoms with Gasteiger partial charge in [0, 0.05) is 10.9 Å². The summed E-state index contributed by atoms with van der Waals surface area (Å²) in [5, 5.41) is 10.9. The molecule has 0 fully saturated rings. The SMILES string of the molecule is Cc1cccc2c(C(C)C)c(O)cnc12. The molecule has 0 aliphatic heterocycles. The molecular formula is C13H15NO. The lowest BCUT2D eigenvalue weighted by molar-refractivity contribution is 0.464. The van der Waals surface area contributed by atoms with Crippen LogP contribution in [0.25, 0.3) is 10.9 Å². The van der Waals surface area contributed by atoms with Crippen LogP contribution in [-0.2, 0) is 0 Å².